The van der Waals surface area contributed by atoms with Crippen molar-refractivity contribution >= 4 is 27.1 Å². The third kappa shape index (κ3) is 4.01. The topological polar surface area (TPSA) is 36.7 Å². The maximum Gasteiger partial charge on any atom is 0.134 e. The highest BCUT2D eigenvalue weighted by Gasteiger charge is 2.04. The van der Waals surface area contributed by atoms with Gasteiger partial charge in [0.2, 0.25) is 0 Å². The summed E-state index contributed by atoms with van der Waals surface area (Å²) >= 11 is 1.50. The van der Waals surface area contributed by atoms with Crippen LogP contribution in [0.25, 0.3) is 15.8 Å². The number of nitrogens with zero attached hydrogens (tertiary/aromatic N) is 2. The molecule has 90 valence electrons. The molecule has 0 radical (unpaired) electrons. The van der Waals surface area contributed by atoms with E-state index < -0.39 is 0 Å². The SMILES string of the molecule is C=C(C#N)c1nc2ccccc2s1.CC.CC. The third-order valence-electron chi connectivity index (χ3n) is 1.69. The first-order chi connectivity index (χ1) is 8.31. The number of nitriles is 1. The predicted molar refractivity (Wildman–Crippen MR) is 77.0 cm³/mol. The standard InChI is InChI=1S/C10H6N2S.2C2H6/c1-7(6-11)10-12-8-4-2-3-5-9(8)13-10;2*1-2/h2-5H,1H2;2*1-2H3. The highest BCUT2D eigenvalue weighted by Crippen LogP contribution is 2.25. The highest BCUT2D eigenvalue weighted by molar-refractivity contribution is 7.19. The van der Waals surface area contributed by atoms with Crippen molar-refractivity contribution in [1.29, 1.82) is 5.26 Å². The van der Waals surface area contributed by atoms with Gasteiger partial charge in [-0.3, -0.25) is 0 Å². The van der Waals surface area contributed by atoms with Crippen LogP contribution in [0.15, 0.2) is 30.8 Å². The molecule has 2 rings (SSSR count). The van der Waals surface area contributed by atoms with Gasteiger partial charge in [-0.05, 0) is 12.1 Å². The number of rotatable bonds is 1. The van der Waals surface area contributed by atoms with Crippen molar-refractivity contribution in [2.24, 2.45) is 0 Å². The molecule has 2 nitrogen and oxygen atoms in total. The molecule has 0 fully saturated rings. The van der Waals surface area contributed by atoms with E-state index in [4.69, 9.17) is 5.26 Å². The molecule has 0 N–H and O–H groups in total. The van der Waals surface area contributed by atoms with Crippen LogP contribution in [-0.4, -0.2) is 4.98 Å². The minimum atomic E-state index is 0.432. The zero-order chi connectivity index (χ0) is 13.3. The Morgan fingerprint density at radius 1 is 1.24 bits per heavy atom. The summed E-state index contributed by atoms with van der Waals surface area (Å²) in [6, 6.07) is 9.80. The molecule has 1 aromatic carbocycles. The van der Waals surface area contributed by atoms with Crippen LogP contribution in [0.5, 0.6) is 0 Å². The van der Waals surface area contributed by atoms with E-state index in [0.29, 0.717) is 10.6 Å². The number of fused-ring (bicyclic) bond motifs is 1. The van der Waals surface area contributed by atoms with Crippen molar-refractivity contribution in [2.45, 2.75) is 27.7 Å². The second-order valence-electron chi connectivity index (χ2n) is 2.58. The lowest BCUT2D eigenvalue weighted by Crippen LogP contribution is -1.74. The van der Waals surface area contributed by atoms with Gasteiger partial charge < -0.3 is 0 Å². The molecule has 0 aliphatic heterocycles. The number of para-hydroxylation sites is 1. The second-order valence-corrected chi connectivity index (χ2v) is 3.61. The lowest BCUT2D eigenvalue weighted by atomic mass is 10.3. The minimum absolute atomic E-state index is 0.432. The Kier molecular flexibility index (Phi) is 7.66. The molecule has 0 saturated heterocycles. The number of thiazole rings is 1. The summed E-state index contributed by atoms with van der Waals surface area (Å²) < 4.78 is 1.09. The zero-order valence-corrected chi connectivity index (χ0v) is 11.6. The summed E-state index contributed by atoms with van der Waals surface area (Å²) in [5.74, 6) is 0. The van der Waals surface area contributed by atoms with Crippen LogP contribution in [-0.2, 0) is 0 Å². The van der Waals surface area contributed by atoms with E-state index in [1.807, 2.05) is 58.0 Å². The Balaban J connectivity index is 0.000000581. The van der Waals surface area contributed by atoms with Crippen molar-refractivity contribution in [1.82, 2.24) is 4.98 Å². The van der Waals surface area contributed by atoms with E-state index >= 15 is 0 Å². The van der Waals surface area contributed by atoms with E-state index in [1.54, 1.807) is 0 Å². The normalized spacial score (nSPS) is 8.18. The molecule has 1 heterocycles. The minimum Gasteiger partial charge on any atom is -0.235 e. The molecule has 3 heteroatoms. The number of hydrogen-bond donors (Lipinski definition) is 0. The lowest BCUT2D eigenvalue weighted by molar-refractivity contribution is 1.44. The fraction of sp³-hybridized carbons (Fsp3) is 0.286. The Hall–Kier alpha value is -1.66. The van der Waals surface area contributed by atoms with E-state index in [2.05, 4.69) is 11.6 Å². The van der Waals surface area contributed by atoms with Crippen molar-refractivity contribution in [3.05, 3.63) is 35.9 Å². The molecular weight excluding hydrogens is 228 g/mol. The molecule has 0 spiro atoms. The van der Waals surface area contributed by atoms with Gasteiger partial charge in [-0.25, -0.2) is 4.98 Å². The molecule has 0 atom stereocenters. The fourth-order valence-corrected chi connectivity index (χ4v) is 1.94. The summed E-state index contributed by atoms with van der Waals surface area (Å²) in [5, 5.41) is 9.34. The average Bonchev–Trinajstić information content (AvgIpc) is 2.86. The van der Waals surface area contributed by atoms with Gasteiger partial charge in [0.05, 0.1) is 15.8 Å². The number of benzene rings is 1. The second kappa shape index (κ2) is 8.49. The quantitative estimate of drug-likeness (QED) is 0.672. The zero-order valence-electron chi connectivity index (χ0n) is 10.8. The van der Waals surface area contributed by atoms with Crippen LogP contribution in [0.3, 0.4) is 0 Å². The van der Waals surface area contributed by atoms with Gasteiger partial charge in [0, 0.05) is 0 Å². The van der Waals surface area contributed by atoms with Crippen LogP contribution in [0.4, 0.5) is 0 Å². The number of allylic oxidation sites excluding steroid dienone is 1. The molecule has 0 bridgehead atoms. The monoisotopic (exact) mass is 246 g/mol. The van der Waals surface area contributed by atoms with Crippen molar-refractivity contribution in [3.63, 3.8) is 0 Å². The average molecular weight is 246 g/mol. The molecule has 0 aliphatic rings. The van der Waals surface area contributed by atoms with Crippen LogP contribution < -0.4 is 0 Å². The molecule has 0 amide bonds. The molecule has 2 aromatic rings. The van der Waals surface area contributed by atoms with Crippen LogP contribution in [0.1, 0.15) is 32.7 Å². The summed E-state index contributed by atoms with van der Waals surface area (Å²) in [6.07, 6.45) is 0. The van der Waals surface area contributed by atoms with Gasteiger partial charge in [-0.15, -0.1) is 11.3 Å². The van der Waals surface area contributed by atoms with Crippen LogP contribution in [0.2, 0.25) is 0 Å². The van der Waals surface area contributed by atoms with Crippen molar-refractivity contribution < 1.29 is 0 Å². The van der Waals surface area contributed by atoms with Gasteiger partial charge in [0.1, 0.15) is 11.1 Å². The lowest BCUT2D eigenvalue weighted by Gasteiger charge is -1.82. The Bertz CT molecular complexity index is 473. The van der Waals surface area contributed by atoms with Crippen LogP contribution in [0, 0.1) is 11.3 Å². The molecule has 0 aliphatic carbocycles. The van der Waals surface area contributed by atoms with Crippen LogP contribution >= 0.6 is 11.3 Å². The number of aromatic nitrogens is 1. The molecular formula is C14H18N2S. The van der Waals surface area contributed by atoms with Gasteiger partial charge in [-0.2, -0.15) is 5.26 Å². The largest absolute Gasteiger partial charge is 0.235 e. The maximum atomic E-state index is 8.63. The van der Waals surface area contributed by atoms with Crippen molar-refractivity contribution in [2.75, 3.05) is 0 Å². The summed E-state index contributed by atoms with van der Waals surface area (Å²) in [4.78, 5) is 4.28. The first-order valence-electron chi connectivity index (χ1n) is 5.76. The van der Waals surface area contributed by atoms with Gasteiger partial charge >= 0.3 is 0 Å². The smallest absolute Gasteiger partial charge is 0.134 e. The van der Waals surface area contributed by atoms with E-state index in [0.717, 1.165) is 10.2 Å². The Morgan fingerprint density at radius 3 is 2.35 bits per heavy atom. The number of hydrogen-bond acceptors (Lipinski definition) is 3. The van der Waals surface area contributed by atoms with E-state index in [1.165, 1.54) is 11.3 Å². The first kappa shape index (κ1) is 15.3. The highest BCUT2D eigenvalue weighted by atomic mass is 32.1. The maximum absolute atomic E-state index is 8.63. The molecule has 17 heavy (non-hydrogen) atoms. The molecule has 0 saturated carbocycles. The summed E-state index contributed by atoms with van der Waals surface area (Å²) in [7, 11) is 0. The van der Waals surface area contributed by atoms with E-state index in [-0.39, 0.29) is 0 Å². The summed E-state index contributed by atoms with van der Waals surface area (Å²) in [5.41, 5.74) is 1.36. The summed E-state index contributed by atoms with van der Waals surface area (Å²) in [6.45, 7) is 11.6. The first-order valence-corrected chi connectivity index (χ1v) is 6.58. The fourth-order valence-electron chi connectivity index (χ4n) is 1.05. The van der Waals surface area contributed by atoms with E-state index in [9.17, 15) is 0 Å². The Morgan fingerprint density at radius 2 is 1.82 bits per heavy atom. The van der Waals surface area contributed by atoms with Gasteiger partial charge in [0.15, 0.2) is 0 Å². The van der Waals surface area contributed by atoms with Gasteiger partial charge in [-0.1, -0.05) is 46.4 Å². The van der Waals surface area contributed by atoms with Crippen molar-refractivity contribution in [3.8, 4) is 6.07 Å². The molecule has 0 unspecified atom stereocenters. The van der Waals surface area contributed by atoms with Gasteiger partial charge in [0.25, 0.3) is 0 Å². The molecule has 1 aromatic heterocycles. The Labute approximate surface area is 107 Å². The third-order valence-corrected chi connectivity index (χ3v) is 2.78. The predicted octanol–water partition coefficient (Wildman–Crippen LogP) is 4.89.